The summed E-state index contributed by atoms with van der Waals surface area (Å²) in [6, 6.07) is 6.11. The Kier molecular flexibility index (Phi) is 3.61. The van der Waals surface area contributed by atoms with E-state index in [4.69, 9.17) is 9.26 Å². The van der Waals surface area contributed by atoms with Gasteiger partial charge in [0.15, 0.2) is 5.76 Å². The Bertz CT molecular complexity index is 720. The van der Waals surface area contributed by atoms with Gasteiger partial charge in [-0.15, -0.1) is 0 Å². The van der Waals surface area contributed by atoms with Crippen LogP contribution in [0.1, 0.15) is 24.1 Å². The maximum Gasteiger partial charge on any atom is 0.252 e. The molecule has 1 aromatic carbocycles. The molecule has 1 amide bonds. The highest BCUT2D eigenvalue weighted by Gasteiger charge is 2.32. The van der Waals surface area contributed by atoms with Gasteiger partial charge in [0.1, 0.15) is 11.9 Å². The minimum atomic E-state index is -0.314. The lowest BCUT2D eigenvalue weighted by Gasteiger charge is -2.28. The van der Waals surface area contributed by atoms with E-state index < -0.39 is 0 Å². The van der Waals surface area contributed by atoms with Crippen molar-refractivity contribution in [3.63, 3.8) is 0 Å². The fraction of sp³-hybridized carbons (Fsp3) is 0.412. The van der Waals surface area contributed by atoms with E-state index in [-0.39, 0.29) is 17.8 Å². The van der Waals surface area contributed by atoms with Crippen molar-refractivity contribution in [3.8, 4) is 11.3 Å². The Balaban J connectivity index is 1.59. The third kappa shape index (κ3) is 2.63. The van der Waals surface area contributed by atoms with Crippen LogP contribution in [0, 0.1) is 5.82 Å². The molecule has 0 bridgehead atoms. The van der Waals surface area contributed by atoms with Gasteiger partial charge >= 0.3 is 0 Å². The molecule has 0 N–H and O–H groups in total. The smallest absolute Gasteiger partial charge is 0.252 e. The van der Waals surface area contributed by atoms with E-state index >= 15 is 0 Å². The average molecular weight is 316 g/mol. The summed E-state index contributed by atoms with van der Waals surface area (Å²) in [6.45, 7) is 1.74. The van der Waals surface area contributed by atoms with E-state index in [2.05, 4.69) is 5.16 Å². The number of hydrogen-bond donors (Lipinski definition) is 0. The highest BCUT2D eigenvalue weighted by atomic mass is 19.1. The number of ether oxygens (including phenoxy) is 1. The van der Waals surface area contributed by atoms with Gasteiger partial charge in [-0.05, 0) is 37.1 Å². The van der Waals surface area contributed by atoms with Gasteiger partial charge in [0, 0.05) is 30.7 Å². The largest absolute Gasteiger partial charge is 0.368 e. The first-order valence-electron chi connectivity index (χ1n) is 7.86. The summed E-state index contributed by atoms with van der Waals surface area (Å²) in [7, 11) is 0. The highest BCUT2D eigenvalue weighted by Crippen LogP contribution is 2.31. The first-order chi connectivity index (χ1) is 11.2. The third-order valence-corrected chi connectivity index (χ3v) is 4.46. The van der Waals surface area contributed by atoms with Crippen molar-refractivity contribution in [2.75, 3.05) is 13.2 Å². The van der Waals surface area contributed by atoms with Crippen molar-refractivity contribution in [2.45, 2.75) is 31.9 Å². The molecule has 6 heteroatoms. The number of fused-ring (bicyclic) bond motifs is 1. The van der Waals surface area contributed by atoms with E-state index in [0.717, 1.165) is 29.7 Å². The summed E-state index contributed by atoms with van der Waals surface area (Å²) in [5.74, 6) is 0.363. The van der Waals surface area contributed by atoms with Crippen LogP contribution in [0.25, 0.3) is 11.3 Å². The van der Waals surface area contributed by atoms with Crippen LogP contribution in [-0.2, 0) is 22.5 Å². The van der Waals surface area contributed by atoms with Crippen LogP contribution in [0.15, 0.2) is 28.8 Å². The van der Waals surface area contributed by atoms with Crippen LogP contribution < -0.4 is 0 Å². The first-order valence-corrected chi connectivity index (χ1v) is 7.86. The Morgan fingerprint density at radius 3 is 2.87 bits per heavy atom. The number of hydrogen-bond acceptors (Lipinski definition) is 4. The molecule has 1 saturated heterocycles. The summed E-state index contributed by atoms with van der Waals surface area (Å²) in [6.07, 6.45) is 2.07. The summed E-state index contributed by atoms with van der Waals surface area (Å²) in [5.41, 5.74) is 2.56. The minimum absolute atomic E-state index is 0.0411. The zero-order chi connectivity index (χ0) is 15.8. The number of rotatable bonds is 2. The molecule has 5 nitrogen and oxygen atoms in total. The summed E-state index contributed by atoms with van der Waals surface area (Å²) in [4.78, 5) is 14.3. The lowest BCUT2D eigenvalue weighted by atomic mass is 10.0. The van der Waals surface area contributed by atoms with E-state index in [1.54, 1.807) is 12.1 Å². The molecule has 1 fully saturated rings. The number of nitrogens with zero attached hydrogens (tertiary/aromatic N) is 2. The molecule has 0 radical (unpaired) electrons. The second-order valence-corrected chi connectivity index (χ2v) is 5.96. The van der Waals surface area contributed by atoms with Gasteiger partial charge in [-0.3, -0.25) is 4.79 Å². The second kappa shape index (κ2) is 5.77. The van der Waals surface area contributed by atoms with Gasteiger partial charge in [0.25, 0.3) is 5.91 Å². The van der Waals surface area contributed by atoms with Gasteiger partial charge < -0.3 is 14.2 Å². The second-order valence-electron chi connectivity index (χ2n) is 5.96. The Labute approximate surface area is 133 Å². The van der Waals surface area contributed by atoms with Crippen molar-refractivity contribution < 1.29 is 18.4 Å². The fourth-order valence-corrected chi connectivity index (χ4v) is 3.20. The van der Waals surface area contributed by atoms with E-state index in [9.17, 15) is 9.18 Å². The number of benzene rings is 1. The maximum absolute atomic E-state index is 13.1. The molecule has 0 spiro atoms. The molecular formula is C17H17FN2O3. The van der Waals surface area contributed by atoms with Gasteiger partial charge in [-0.1, -0.05) is 5.16 Å². The van der Waals surface area contributed by atoms with E-state index in [0.29, 0.717) is 31.9 Å². The maximum atomic E-state index is 13.1. The molecule has 2 aromatic rings. The Morgan fingerprint density at radius 2 is 2.13 bits per heavy atom. The molecule has 23 heavy (non-hydrogen) atoms. The molecule has 0 saturated carbocycles. The summed E-state index contributed by atoms with van der Waals surface area (Å²) < 4.78 is 24.0. The van der Waals surface area contributed by atoms with Crippen LogP contribution in [0.5, 0.6) is 0 Å². The lowest BCUT2D eigenvalue weighted by molar-refractivity contribution is -0.141. The molecule has 4 rings (SSSR count). The van der Waals surface area contributed by atoms with Crippen molar-refractivity contribution in [1.29, 1.82) is 0 Å². The van der Waals surface area contributed by atoms with Crippen molar-refractivity contribution in [2.24, 2.45) is 0 Å². The number of carbonyl (C=O) groups excluding carboxylic acids is 1. The zero-order valence-corrected chi connectivity index (χ0v) is 12.6. The van der Waals surface area contributed by atoms with Crippen LogP contribution >= 0.6 is 0 Å². The molecule has 1 unspecified atom stereocenters. The van der Waals surface area contributed by atoms with Gasteiger partial charge in [0.2, 0.25) is 0 Å². The summed E-state index contributed by atoms with van der Waals surface area (Å²) >= 11 is 0. The van der Waals surface area contributed by atoms with Gasteiger partial charge in [-0.25, -0.2) is 4.39 Å². The SMILES string of the molecule is O=C(C1CCCO1)N1CCc2noc(-c3ccc(F)cc3)c2C1. The molecule has 3 heterocycles. The molecule has 2 aliphatic heterocycles. The predicted octanol–water partition coefficient (Wildman–Crippen LogP) is 2.54. The monoisotopic (exact) mass is 316 g/mol. The average Bonchev–Trinajstić information content (AvgIpc) is 3.24. The first kappa shape index (κ1) is 14.4. The number of carbonyl (C=O) groups is 1. The van der Waals surface area contributed by atoms with Crippen LogP contribution in [-0.4, -0.2) is 35.2 Å². The normalized spacial score (nSPS) is 20.6. The van der Waals surface area contributed by atoms with Crippen molar-refractivity contribution in [1.82, 2.24) is 10.1 Å². The molecule has 0 aliphatic carbocycles. The van der Waals surface area contributed by atoms with Crippen molar-refractivity contribution >= 4 is 5.91 Å². The Hall–Kier alpha value is -2.21. The van der Waals surface area contributed by atoms with E-state index in [1.165, 1.54) is 12.1 Å². The van der Waals surface area contributed by atoms with Crippen LogP contribution in [0.2, 0.25) is 0 Å². The highest BCUT2D eigenvalue weighted by molar-refractivity contribution is 5.81. The quantitative estimate of drug-likeness (QED) is 0.854. The standard InChI is InChI=1S/C17H17FN2O3/c18-12-5-3-11(4-6-12)16-13-10-20(8-7-14(13)19-23-16)17(21)15-2-1-9-22-15/h3-6,15H,1-2,7-10H2. The molecule has 1 aromatic heterocycles. The number of amides is 1. The molecular weight excluding hydrogens is 299 g/mol. The topological polar surface area (TPSA) is 55.6 Å². The molecule has 120 valence electrons. The van der Waals surface area contributed by atoms with Crippen molar-refractivity contribution in [3.05, 3.63) is 41.3 Å². The van der Waals surface area contributed by atoms with Gasteiger partial charge in [0.05, 0.1) is 12.2 Å². The minimum Gasteiger partial charge on any atom is -0.368 e. The number of halogens is 1. The lowest BCUT2D eigenvalue weighted by Crippen LogP contribution is -2.41. The third-order valence-electron chi connectivity index (χ3n) is 4.46. The predicted molar refractivity (Wildman–Crippen MR) is 80.0 cm³/mol. The summed E-state index contributed by atoms with van der Waals surface area (Å²) in [5, 5.41) is 4.11. The Morgan fingerprint density at radius 1 is 1.30 bits per heavy atom. The molecule has 2 aliphatic rings. The van der Waals surface area contributed by atoms with Crippen LogP contribution in [0.3, 0.4) is 0 Å². The van der Waals surface area contributed by atoms with Gasteiger partial charge in [-0.2, -0.15) is 0 Å². The van der Waals surface area contributed by atoms with E-state index in [1.807, 2.05) is 4.90 Å². The fourth-order valence-electron chi connectivity index (χ4n) is 3.20. The zero-order valence-electron chi connectivity index (χ0n) is 12.6. The number of aromatic nitrogens is 1. The molecule has 1 atom stereocenters. The van der Waals surface area contributed by atoms with Crippen LogP contribution in [0.4, 0.5) is 4.39 Å².